The van der Waals surface area contributed by atoms with Crippen LogP contribution in [0, 0.1) is 11.8 Å². The van der Waals surface area contributed by atoms with Gasteiger partial charge in [-0.3, -0.25) is 9.59 Å². The van der Waals surface area contributed by atoms with Crippen molar-refractivity contribution in [3.8, 4) is 0 Å². The number of anilines is 1. The molecule has 0 spiro atoms. The second-order valence-corrected chi connectivity index (χ2v) is 4.82. The molecular weight excluding hydrogens is 246 g/mol. The summed E-state index contributed by atoms with van der Waals surface area (Å²) in [4.78, 5) is 26.1. The van der Waals surface area contributed by atoms with Crippen LogP contribution in [-0.4, -0.2) is 28.5 Å². The summed E-state index contributed by atoms with van der Waals surface area (Å²) in [6.07, 6.45) is 0.581. The van der Waals surface area contributed by atoms with Crippen molar-refractivity contribution in [2.75, 3.05) is 11.9 Å². The Morgan fingerprint density at radius 2 is 2.11 bits per heavy atom. The van der Waals surface area contributed by atoms with E-state index in [0.29, 0.717) is 18.2 Å². The van der Waals surface area contributed by atoms with Gasteiger partial charge in [0.2, 0.25) is 0 Å². The number of aliphatic carboxylic acids is 1. The van der Waals surface area contributed by atoms with E-state index in [-0.39, 0.29) is 12.2 Å². The molecule has 1 unspecified atom stereocenters. The lowest BCUT2D eigenvalue weighted by Crippen LogP contribution is -2.25. The Bertz CT molecular complexity index is 460. The number of carbonyl (C=O) groups excluding carboxylic acids is 1. The minimum atomic E-state index is -0.841. The predicted octanol–water partition coefficient (Wildman–Crippen LogP) is 1.34. The van der Waals surface area contributed by atoms with E-state index in [1.54, 1.807) is 12.1 Å². The van der Waals surface area contributed by atoms with Crippen LogP contribution in [0.5, 0.6) is 0 Å². The van der Waals surface area contributed by atoms with Gasteiger partial charge < -0.3 is 16.2 Å². The highest BCUT2D eigenvalue weighted by atomic mass is 16.4. The fourth-order valence-electron chi connectivity index (χ4n) is 1.74. The first kappa shape index (κ1) is 14.9. The van der Waals surface area contributed by atoms with Gasteiger partial charge in [-0.2, -0.15) is 0 Å². The molecule has 0 aromatic carbocycles. The largest absolute Gasteiger partial charge is 0.481 e. The van der Waals surface area contributed by atoms with E-state index < -0.39 is 17.8 Å². The van der Waals surface area contributed by atoms with Crippen LogP contribution in [0.2, 0.25) is 0 Å². The quantitative estimate of drug-likeness (QED) is 0.690. The van der Waals surface area contributed by atoms with Gasteiger partial charge in [0, 0.05) is 6.54 Å². The number of nitrogens with two attached hydrogens (primary N) is 1. The van der Waals surface area contributed by atoms with E-state index in [9.17, 15) is 9.59 Å². The Morgan fingerprint density at radius 1 is 1.42 bits per heavy atom. The minimum Gasteiger partial charge on any atom is -0.481 e. The van der Waals surface area contributed by atoms with Gasteiger partial charge in [-0.25, -0.2) is 4.98 Å². The standard InChI is InChI=1S/C13H19N3O3/c1-8(2)6-9(13(18)19)7-15-11-5-3-4-10(16-11)12(14)17/h3-5,8-9H,6-7H2,1-2H3,(H2,14,17)(H,15,16)(H,18,19). The molecule has 0 bridgehead atoms. The maximum atomic E-state index is 11.1. The number of carbonyl (C=O) groups is 2. The van der Waals surface area contributed by atoms with Crippen LogP contribution in [0.15, 0.2) is 18.2 Å². The number of rotatable bonds is 7. The van der Waals surface area contributed by atoms with Crippen molar-refractivity contribution in [2.45, 2.75) is 20.3 Å². The van der Waals surface area contributed by atoms with E-state index in [1.165, 1.54) is 6.07 Å². The summed E-state index contributed by atoms with van der Waals surface area (Å²) in [5, 5.41) is 12.0. The molecule has 1 aromatic rings. The molecule has 0 saturated heterocycles. The molecule has 0 radical (unpaired) electrons. The molecule has 1 amide bonds. The van der Waals surface area contributed by atoms with Crippen LogP contribution in [-0.2, 0) is 4.79 Å². The normalized spacial score (nSPS) is 12.2. The Labute approximate surface area is 112 Å². The van der Waals surface area contributed by atoms with E-state index in [0.717, 1.165) is 0 Å². The van der Waals surface area contributed by atoms with E-state index in [1.807, 2.05) is 13.8 Å². The molecule has 1 rings (SSSR count). The van der Waals surface area contributed by atoms with Gasteiger partial charge in [0.15, 0.2) is 0 Å². The third-order valence-electron chi connectivity index (χ3n) is 2.64. The molecule has 104 valence electrons. The third-order valence-corrected chi connectivity index (χ3v) is 2.64. The minimum absolute atomic E-state index is 0.153. The van der Waals surface area contributed by atoms with Crippen LogP contribution >= 0.6 is 0 Å². The number of amides is 1. The molecule has 0 fully saturated rings. The second kappa shape index (κ2) is 6.72. The SMILES string of the molecule is CC(C)CC(CNc1cccc(C(N)=O)n1)C(=O)O. The van der Waals surface area contributed by atoms with Crippen molar-refractivity contribution in [1.82, 2.24) is 4.98 Å². The monoisotopic (exact) mass is 265 g/mol. The molecule has 0 saturated carbocycles. The number of carboxylic acids is 1. The fourth-order valence-corrected chi connectivity index (χ4v) is 1.74. The Morgan fingerprint density at radius 3 is 2.63 bits per heavy atom. The number of pyridine rings is 1. The summed E-state index contributed by atoms with van der Waals surface area (Å²) < 4.78 is 0. The highest BCUT2D eigenvalue weighted by molar-refractivity contribution is 5.91. The molecule has 4 N–H and O–H groups in total. The first-order chi connectivity index (χ1) is 8.90. The number of nitrogens with one attached hydrogen (secondary N) is 1. The number of hydrogen-bond acceptors (Lipinski definition) is 4. The van der Waals surface area contributed by atoms with Gasteiger partial charge in [0.1, 0.15) is 11.5 Å². The van der Waals surface area contributed by atoms with Crippen LogP contribution in [0.25, 0.3) is 0 Å². The topological polar surface area (TPSA) is 105 Å². The molecule has 1 aromatic heterocycles. The number of aromatic nitrogens is 1. The highest BCUT2D eigenvalue weighted by Gasteiger charge is 2.18. The second-order valence-electron chi connectivity index (χ2n) is 4.82. The van der Waals surface area contributed by atoms with Gasteiger partial charge in [0.05, 0.1) is 5.92 Å². The average molecular weight is 265 g/mol. The first-order valence-corrected chi connectivity index (χ1v) is 6.13. The lowest BCUT2D eigenvalue weighted by Gasteiger charge is -2.15. The van der Waals surface area contributed by atoms with E-state index in [4.69, 9.17) is 10.8 Å². The van der Waals surface area contributed by atoms with E-state index >= 15 is 0 Å². The van der Waals surface area contributed by atoms with Crippen molar-refractivity contribution in [1.29, 1.82) is 0 Å². The fraction of sp³-hybridized carbons (Fsp3) is 0.462. The maximum Gasteiger partial charge on any atom is 0.308 e. The van der Waals surface area contributed by atoms with Crippen LogP contribution in [0.4, 0.5) is 5.82 Å². The van der Waals surface area contributed by atoms with Crippen molar-refractivity contribution >= 4 is 17.7 Å². The lowest BCUT2D eigenvalue weighted by molar-refractivity contribution is -0.141. The van der Waals surface area contributed by atoms with E-state index in [2.05, 4.69) is 10.3 Å². The van der Waals surface area contributed by atoms with Crippen LogP contribution in [0.3, 0.4) is 0 Å². The van der Waals surface area contributed by atoms with Gasteiger partial charge in [0.25, 0.3) is 5.91 Å². The Balaban J connectivity index is 2.66. The summed E-state index contributed by atoms with van der Waals surface area (Å²) in [5.41, 5.74) is 5.28. The average Bonchev–Trinajstić information content (AvgIpc) is 2.34. The summed E-state index contributed by atoms with van der Waals surface area (Å²) in [7, 11) is 0. The summed E-state index contributed by atoms with van der Waals surface area (Å²) in [6, 6.07) is 4.82. The summed E-state index contributed by atoms with van der Waals surface area (Å²) in [6.45, 7) is 4.21. The summed E-state index contributed by atoms with van der Waals surface area (Å²) >= 11 is 0. The van der Waals surface area contributed by atoms with Crippen LogP contribution < -0.4 is 11.1 Å². The van der Waals surface area contributed by atoms with Gasteiger partial charge in [-0.15, -0.1) is 0 Å². The van der Waals surface area contributed by atoms with Crippen molar-refractivity contribution in [2.24, 2.45) is 17.6 Å². The van der Waals surface area contributed by atoms with Crippen molar-refractivity contribution in [3.63, 3.8) is 0 Å². The molecular formula is C13H19N3O3. The molecule has 1 atom stereocenters. The van der Waals surface area contributed by atoms with Gasteiger partial charge in [-0.1, -0.05) is 19.9 Å². The zero-order chi connectivity index (χ0) is 14.4. The number of nitrogens with zero attached hydrogens (tertiary/aromatic N) is 1. The number of hydrogen-bond donors (Lipinski definition) is 3. The predicted molar refractivity (Wildman–Crippen MR) is 71.8 cm³/mol. The maximum absolute atomic E-state index is 11.1. The zero-order valence-electron chi connectivity index (χ0n) is 11.1. The number of carboxylic acid groups (broad SMARTS) is 1. The molecule has 0 aliphatic heterocycles. The summed E-state index contributed by atoms with van der Waals surface area (Å²) in [5.74, 6) is -1.19. The number of primary amides is 1. The molecule has 6 heteroatoms. The van der Waals surface area contributed by atoms with Crippen LogP contribution in [0.1, 0.15) is 30.8 Å². The first-order valence-electron chi connectivity index (χ1n) is 6.13. The molecule has 0 aliphatic rings. The van der Waals surface area contributed by atoms with Crippen molar-refractivity contribution < 1.29 is 14.7 Å². The lowest BCUT2D eigenvalue weighted by atomic mass is 9.97. The molecule has 0 aliphatic carbocycles. The smallest absolute Gasteiger partial charge is 0.308 e. The molecule has 19 heavy (non-hydrogen) atoms. The zero-order valence-corrected chi connectivity index (χ0v) is 11.1. The Hall–Kier alpha value is -2.11. The Kier molecular flexibility index (Phi) is 5.29. The third kappa shape index (κ3) is 4.95. The highest BCUT2D eigenvalue weighted by Crippen LogP contribution is 2.13. The molecule has 6 nitrogen and oxygen atoms in total. The van der Waals surface area contributed by atoms with Crippen molar-refractivity contribution in [3.05, 3.63) is 23.9 Å². The molecule has 1 heterocycles. The van der Waals surface area contributed by atoms with Gasteiger partial charge in [-0.05, 0) is 24.5 Å². The van der Waals surface area contributed by atoms with Gasteiger partial charge >= 0.3 is 5.97 Å².